The number of rotatable bonds is 18. The quantitative estimate of drug-likeness (QED) is 0.107. The van der Waals surface area contributed by atoms with Crippen LogP contribution in [0.3, 0.4) is 0 Å². The minimum atomic E-state index is -4.80. The fourth-order valence-corrected chi connectivity index (χ4v) is 7.38. The number of carbonyl (C=O) groups is 1. The Morgan fingerprint density at radius 1 is 0.956 bits per heavy atom. The van der Waals surface area contributed by atoms with Gasteiger partial charge in [0, 0.05) is 11.6 Å². The molecule has 0 bridgehead atoms. The average molecular weight is 653 g/mol. The highest BCUT2D eigenvalue weighted by Gasteiger charge is 2.39. The lowest BCUT2D eigenvalue weighted by Crippen LogP contribution is -2.37. The predicted molar refractivity (Wildman–Crippen MR) is 175 cm³/mol. The van der Waals surface area contributed by atoms with Crippen molar-refractivity contribution in [3.8, 4) is 11.5 Å². The molecule has 0 amide bonds. The summed E-state index contributed by atoms with van der Waals surface area (Å²) >= 11 is 0. The molecule has 6 unspecified atom stereocenters. The Bertz CT molecular complexity index is 1240. The first kappa shape index (κ1) is 37.4. The van der Waals surface area contributed by atoms with Crippen molar-refractivity contribution in [1.82, 2.24) is 0 Å². The fourth-order valence-electron chi connectivity index (χ4n) is 6.45. The molecule has 0 aliphatic carbocycles. The number of carbonyl (C=O) groups excluding carboxylic acids is 1. The number of aliphatic hydroxyl groups is 2. The Balaban J connectivity index is 1.57. The Morgan fingerprint density at radius 2 is 1.56 bits per heavy atom. The standard InChI is InChI=1S/C35H57O9P/c1-22(2)12-9-13-23(3)14-10-15-24(4)16-11-18-35(8)19-17-28-27(7)32(25(5)26(6)33(28)42-35)44-45(39,40)43-31-20-30(29(37)21-36)41-34(31)38/h20,22-24,29-30,36-37H,9-19,21H2,1-8H3,(H,39,40). The van der Waals surface area contributed by atoms with Gasteiger partial charge in [0.25, 0.3) is 0 Å². The molecule has 3 N–H and O–H groups in total. The molecule has 0 spiro atoms. The number of phosphoric acid groups is 1. The minimum Gasteiger partial charge on any atom is -0.487 e. The van der Waals surface area contributed by atoms with Crippen LogP contribution in [0.5, 0.6) is 11.5 Å². The Morgan fingerprint density at radius 3 is 2.16 bits per heavy atom. The van der Waals surface area contributed by atoms with Crippen molar-refractivity contribution in [3.63, 3.8) is 0 Å². The maximum absolute atomic E-state index is 13.0. The smallest absolute Gasteiger partial charge is 0.487 e. The second kappa shape index (κ2) is 16.2. The molecule has 1 aromatic rings. The van der Waals surface area contributed by atoms with Crippen LogP contribution in [0, 0.1) is 38.5 Å². The molecule has 0 radical (unpaired) electrons. The summed E-state index contributed by atoms with van der Waals surface area (Å²) in [6, 6.07) is 0. The van der Waals surface area contributed by atoms with E-state index in [9.17, 15) is 19.4 Å². The van der Waals surface area contributed by atoms with Gasteiger partial charge in [0.15, 0.2) is 6.10 Å². The van der Waals surface area contributed by atoms with E-state index in [2.05, 4.69) is 34.6 Å². The van der Waals surface area contributed by atoms with Gasteiger partial charge in [-0.05, 0) is 87.8 Å². The monoisotopic (exact) mass is 652 g/mol. The van der Waals surface area contributed by atoms with E-state index in [4.69, 9.17) is 23.6 Å². The molecule has 2 heterocycles. The number of aliphatic hydroxyl groups excluding tert-OH is 2. The van der Waals surface area contributed by atoms with Crippen LogP contribution in [0.1, 0.15) is 121 Å². The number of benzene rings is 1. The molecule has 2 aliphatic rings. The normalized spacial score (nSPS) is 23.0. The Kier molecular flexibility index (Phi) is 13.4. The van der Waals surface area contributed by atoms with Crippen molar-refractivity contribution in [2.45, 2.75) is 144 Å². The molecular weight excluding hydrogens is 595 g/mol. The minimum absolute atomic E-state index is 0.214. The van der Waals surface area contributed by atoms with E-state index in [1.165, 1.54) is 44.9 Å². The van der Waals surface area contributed by atoms with Crippen LogP contribution in [-0.2, 0) is 25.0 Å². The van der Waals surface area contributed by atoms with Crippen LogP contribution in [0.15, 0.2) is 11.8 Å². The van der Waals surface area contributed by atoms with Crippen LogP contribution in [0.2, 0.25) is 0 Å². The van der Waals surface area contributed by atoms with E-state index < -0.39 is 38.4 Å². The topological polar surface area (TPSA) is 132 Å². The lowest BCUT2D eigenvalue weighted by atomic mass is 9.84. The van der Waals surface area contributed by atoms with Crippen LogP contribution in [0.25, 0.3) is 0 Å². The van der Waals surface area contributed by atoms with Crippen LogP contribution in [-0.4, -0.2) is 45.5 Å². The summed E-state index contributed by atoms with van der Waals surface area (Å²) in [4.78, 5) is 22.6. The Hall–Kier alpha value is -2.06. The summed E-state index contributed by atoms with van der Waals surface area (Å²) in [5.74, 6) is 1.75. The number of hydrogen-bond acceptors (Lipinski definition) is 8. The van der Waals surface area contributed by atoms with E-state index in [-0.39, 0.29) is 11.4 Å². The Labute approximate surface area is 270 Å². The van der Waals surface area contributed by atoms with Crippen LogP contribution >= 0.6 is 7.82 Å². The number of cyclic esters (lactones) is 1. The SMILES string of the molecule is Cc1c(C)c2c(c(C)c1OP(=O)(O)OC1=CC(C(O)CO)OC1=O)CCC(C)(CCCC(C)CCCC(C)CCCC(C)C)O2. The summed E-state index contributed by atoms with van der Waals surface area (Å²) in [6.07, 6.45) is 11.2. The van der Waals surface area contributed by atoms with Crippen molar-refractivity contribution in [2.24, 2.45) is 17.8 Å². The van der Waals surface area contributed by atoms with Gasteiger partial charge < -0.3 is 28.7 Å². The highest BCUT2D eigenvalue weighted by atomic mass is 31.2. The summed E-state index contributed by atoms with van der Waals surface area (Å²) < 4.78 is 35.1. The lowest BCUT2D eigenvalue weighted by Gasteiger charge is -2.38. The number of fused-ring (bicyclic) bond motifs is 1. The van der Waals surface area contributed by atoms with E-state index in [0.29, 0.717) is 17.0 Å². The van der Waals surface area contributed by atoms with Gasteiger partial charge in [0.2, 0.25) is 5.76 Å². The summed E-state index contributed by atoms with van der Waals surface area (Å²) in [5.41, 5.74) is 2.82. The first-order valence-electron chi connectivity index (χ1n) is 16.8. The zero-order valence-electron chi connectivity index (χ0n) is 28.7. The molecule has 9 nitrogen and oxygen atoms in total. The molecule has 2 aliphatic heterocycles. The zero-order valence-corrected chi connectivity index (χ0v) is 29.6. The lowest BCUT2D eigenvalue weighted by molar-refractivity contribution is -0.146. The third-order valence-corrected chi connectivity index (χ3v) is 10.4. The second-order valence-electron chi connectivity index (χ2n) is 14.2. The third kappa shape index (κ3) is 10.5. The molecule has 0 aromatic heterocycles. The largest absolute Gasteiger partial charge is 0.585 e. The van der Waals surface area contributed by atoms with E-state index in [1.54, 1.807) is 6.92 Å². The third-order valence-electron chi connectivity index (χ3n) is 9.58. The maximum Gasteiger partial charge on any atom is 0.585 e. The number of phosphoric ester groups is 1. The van der Waals surface area contributed by atoms with Crippen molar-refractivity contribution in [2.75, 3.05) is 6.61 Å². The van der Waals surface area contributed by atoms with Gasteiger partial charge in [0.1, 0.15) is 23.2 Å². The van der Waals surface area contributed by atoms with Crippen LogP contribution < -0.4 is 9.26 Å². The van der Waals surface area contributed by atoms with Crippen molar-refractivity contribution < 1.29 is 43.0 Å². The molecule has 0 fully saturated rings. The molecule has 10 heteroatoms. The number of ether oxygens (including phenoxy) is 2. The van der Waals surface area contributed by atoms with Crippen molar-refractivity contribution in [1.29, 1.82) is 0 Å². The van der Waals surface area contributed by atoms with Crippen LogP contribution in [0.4, 0.5) is 0 Å². The van der Waals surface area contributed by atoms with Gasteiger partial charge >= 0.3 is 13.8 Å². The van der Waals surface area contributed by atoms with Gasteiger partial charge in [-0.3, -0.25) is 4.89 Å². The molecule has 3 rings (SSSR count). The van der Waals surface area contributed by atoms with Crippen molar-refractivity contribution in [3.05, 3.63) is 34.1 Å². The molecule has 1 aromatic carbocycles. The fraction of sp³-hybridized carbons (Fsp3) is 0.743. The number of hydrogen-bond donors (Lipinski definition) is 3. The van der Waals surface area contributed by atoms with Gasteiger partial charge in [-0.1, -0.05) is 72.6 Å². The summed E-state index contributed by atoms with van der Waals surface area (Å²) in [7, 11) is -4.80. The van der Waals surface area contributed by atoms with Gasteiger partial charge in [-0.15, -0.1) is 0 Å². The molecule has 0 saturated carbocycles. The molecule has 45 heavy (non-hydrogen) atoms. The van der Waals surface area contributed by atoms with E-state index in [1.807, 2.05) is 13.8 Å². The summed E-state index contributed by atoms with van der Waals surface area (Å²) in [6.45, 7) is 16.4. The highest BCUT2D eigenvalue weighted by molar-refractivity contribution is 7.48. The summed E-state index contributed by atoms with van der Waals surface area (Å²) in [5, 5.41) is 18.8. The molecule has 0 saturated heterocycles. The second-order valence-corrected chi connectivity index (χ2v) is 15.5. The van der Waals surface area contributed by atoms with Gasteiger partial charge in [-0.2, -0.15) is 0 Å². The first-order chi connectivity index (χ1) is 21.1. The zero-order chi connectivity index (χ0) is 33.5. The van der Waals surface area contributed by atoms with Gasteiger partial charge in [-0.25, -0.2) is 9.36 Å². The predicted octanol–water partition coefficient (Wildman–Crippen LogP) is 7.79. The molecule has 256 valence electrons. The maximum atomic E-state index is 13.0. The van der Waals surface area contributed by atoms with Crippen molar-refractivity contribution >= 4 is 13.8 Å². The number of esters is 1. The first-order valence-corrected chi connectivity index (χ1v) is 18.3. The molecular formula is C35H57O9P. The average Bonchev–Trinajstić information content (AvgIpc) is 3.32. The van der Waals surface area contributed by atoms with Gasteiger partial charge in [0.05, 0.1) is 6.61 Å². The van der Waals surface area contributed by atoms with E-state index >= 15 is 0 Å². The van der Waals surface area contributed by atoms with E-state index in [0.717, 1.165) is 60.5 Å². The highest BCUT2D eigenvalue weighted by Crippen LogP contribution is 2.52. The molecule has 6 atom stereocenters.